The van der Waals surface area contributed by atoms with E-state index in [0.29, 0.717) is 0 Å². The van der Waals surface area contributed by atoms with Crippen LogP contribution in [-0.2, 0) is 0 Å². The summed E-state index contributed by atoms with van der Waals surface area (Å²) in [5.74, 6) is 0. The van der Waals surface area contributed by atoms with Gasteiger partial charge in [-0.05, 0) is 0 Å². The molecule has 0 fully saturated rings. The zero-order chi connectivity index (χ0) is 0. The van der Waals surface area contributed by atoms with E-state index in [1.54, 1.807) is 0 Å². The van der Waals surface area contributed by atoms with Crippen molar-refractivity contribution in [3.8, 4) is 0 Å². The van der Waals surface area contributed by atoms with Gasteiger partial charge in [0, 0.05) is 49.4 Å². The molecule has 0 aromatic carbocycles. The van der Waals surface area contributed by atoms with Gasteiger partial charge in [0.05, 0.1) is 0 Å². The fraction of sp³-hybridized carbons (Fsp3) is 0. The van der Waals surface area contributed by atoms with Gasteiger partial charge in [0.1, 0.15) is 0 Å². The van der Waals surface area contributed by atoms with Crippen molar-refractivity contribution in [1.82, 2.24) is 0 Å². The van der Waals surface area contributed by atoms with Gasteiger partial charge in [0.15, 0.2) is 17.4 Å². The molecule has 0 saturated carbocycles. The predicted octanol–water partition coefficient (Wildman–Crippen LogP) is -3.02. The molecule has 0 aliphatic carbocycles. The molecule has 0 rings (SSSR count). The van der Waals surface area contributed by atoms with Crippen LogP contribution in [0.25, 0.3) is 0 Å². The summed E-state index contributed by atoms with van der Waals surface area (Å²) in [7, 11) is 0. The zero-order valence-electron chi connectivity index (χ0n) is 0.378. The van der Waals surface area contributed by atoms with E-state index in [1.165, 1.54) is 0 Å². The second-order valence-electron chi connectivity index (χ2n) is 0. The molecule has 0 heterocycles. The van der Waals surface area contributed by atoms with Crippen molar-refractivity contribution in [2.45, 2.75) is 0 Å². The molecule has 0 nitrogen and oxygen atoms in total. The van der Waals surface area contributed by atoms with Gasteiger partial charge in [-0.1, -0.05) is 0 Å². The molecule has 0 saturated heterocycles. The van der Waals surface area contributed by atoms with Crippen LogP contribution in [0.1, 0.15) is 0 Å². The predicted molar refractivity (Wildman–Crippen MR) is 27.0 cm³/mol. The van der Waals surface area contributed by atoms with Gasteiger partial charge in [-0.25, -0.2) is 0 Å². The maximum absolute atomic E-state index is 0. The molecule has 0 bridgehead atoms. The minimum atomic E-state index is 0. The Labute approximate surface area is 145 Å². The Morgan fingerprint density at radius 2 is 1.00 bits per heavy atom. The maximum atomic E-state index is 0. The van der Waals surface area contributed by atoms with Crippen LogP contribution in [0.5, 0.6) is 0 Å². The van der Waals surface area contributed by atoms with E-state index < -0.39 is 0 Å². The summed E-state index contributed by atoms with van der Waals surface area (Å²) in [5.41, 5.74) is 0. The molecule has 0 atom stereocenters. The number of hydrogen-bond acceptors (Lipinski definition) is 0. The van der Waals surface area contributed by atoms with Crippen molar-refractivity contribution in [2.75, 3.05) is 0 Å². The summed E-state index contributed by atoms with van der Waals surface area (Å²) in [6.45, 7) is 0. The molecule has 0 N–H and O–H groups in total. The number of rotatable bonds is 0. The molecule has 0 unspecified atom stereocenters. The molecular weight excluding hydrogens is 307 g/mol. The van der Waals surface area contributed by atoms with E-state index in [2.05, 4.69) is 0 Å². The molecule has 0 aromatic heterocycles. The van der Waals surface area contributed by atoms with Gasteiger partial charge in [-0.2, -0.15) is 0 Å². The Balaban J connectivity index is 0. The molecule has 0 aliphatic rings. The standard InChI is InChI=1S/Al.Ca.Eu.Sr.7H. The van der Waals surface area contributed by atoms with Gasteiger partial charge in [-0.15, -0.1) is 0 Å². The molecular formula is H7AlCaEuSr. The molecule has 4 heteroatoms. The average molecular weight is 314 g/mol. The minimum absolute atomic E-state index is 0. The third kappa shape index (κ3) is 9.97. The van der Waals surface area contributed by atoms with Gasteiger partial charge in [0.25, 0.3) is 0 Å². The van der Waals surface area contributed by atoms with Crippen molar-refractivity contribution < 1.29 is 49.4 Å². The summed E-state index contributed by atoms with van der Waals surface area (Å²) >= 11 is 0. The quantitative estimate of drug-likeness (QED) is 0.418. The van der Waals surface area contributed by atoms with E-state index in [1.807, 2.05) is 0 Å². The SMILES string of the molecule is [AlH3].[CaH2].[Eu].[SrH2]. The summed E-state index contributed by atoms with van der Waals surface area (Å²) in [6, 6.07) is 0. The third-order valence-electron chi connectivity index (χ3n) is 0. The average Bonchev–Trinajstić information content (AvgIpc) is 0. The normalized spacial score (nSPS) is 0. The van der Waals surface area contributed by atoms with Crippen LogP contribution in [-0.4, -0.2) is 101 Å². The van der Waals surface area contributed by atoms with E-state index in [9.17, 15) is 0 Å². The van der Waals surface area contributed by atoms with Gasteiger partial charge >= 0.3 is 83.2 Å². The second-order valence-corrected chi connectivity index (χ2v) is 0. The van der Waals surface area contributed by atoms with Crippen molar-refractivity contribution in [3.63, 3.8) is 0 Å². The Hall–Kier alpha value is 4.86. The first-order chi connectivity index (χ1) is 0. The Morgan fingerprint density at radius 3 is 1.00 bits per heavy atom. The van der Waals surface area contributed by atoms with E-state index in [-0.39, 0.29) is 150 Å². The van der Waals surface area contributed by atoms with Crippen molar-refractivity contribution in [2.24, 2.45) is 0 Å². The molecule has 21 valence electrons. The second kappa shape index (κ2) is 15.7. The summed E-state index contributed by atoms with van der Waals surface area (Å²) < 4.78 is 0. The van der Waals surface area contributed by atoms with Gasteiger partial charge in [0.2, 0.25) is 0 Å². The van der Waals surface area contributed by atoms with Crippen LogP contribution in [0.2, 0.25) is 0 Å². The Bertz CT molecular complexity index is 8.00. The monoisotopic (exact) mass is 315 g/mol. The van der Waals surface area contributed by atoms with Crippen LogP contribution in [0.3, 0.4) is 0 Å². The topological polar surface area (TPSA) is 0 Å². The summed E-state index contributed by atoms with van der Waals surface area (Å²) in [4.78, 5) is 0. The fourth-order valence-corrected chi connectivity index (χ4v) is 0. The van der Waals surface area contributed by atoms with E-state index >= 15 is 0 Å². The van der Waals surface area contributed by atoms with Crippen LogP contribution in [0, 0.1) is 49.4 Å². The van der Waals surface area contributed by atoms with Crippen LogP contribution in [0.15, 0.2) is 0 Å². The van der Waals surface area contributed by atoms with Crippen LogP contribution >= 0.6 is 0 Å². The fourth-order valence-electron chi connectivity index (χ4n) is 0. The first kappa shape index (κ1) is 23.2. The van der Waals surface area contributed by atoms with Gasteiger partial charge in [-0.3, -0.25) is 0 Å². The first-order valence-corrected chi connectivity index (χ1v) is 0. The van der Waals surface area contributed by atoms with Crippen molar-refractivity contribution in [3.05, 3.63) is 0 Å². The third-order valence-corrected chi connectivity index (χ3v) is 0. The van der Waals surface area contributed by atoms with Gasteiger partial charge < -0.3 is 0 Å². The first-order valence-electron chi connectivity index (χ1n) is 0. The van der Waals surface area contributed by atoms with Crippen molar-refractivity contribution in [1.29, 1.82) is 0 Å². The Morgan fingerprint density at radius 1 is 1.00 bits per heavy atom. The van der Waals surface area contributed by atoms with E-state index in [0.717, 1.165) is 0 Å². The zero-order valence-corrected chi connectivity index (χ0v) is 2.80. The van der Waals surface area contributed by atoms with Crippen molar-refractivity contribution >= 4 is 101 Å². The van der Waals surface area contributed by atoms with E-state index in [4.69, 9.17) is 0 Å². The number of hydrogen-bond donors (Lipinski definition) is 0. The van der Waals surface area contributed by atoms with Crippen LogP contribution < -0.4 is 0 Å². The molecule has 4 heavy (non-hydrogen) atoms. The molecule has 0 aromatic rings. The molecule has 1 radical (unpaired) electrons. The molecule has 0 aliphatic heterocycles. The summed E-state index contributed by atoms with van der Waals surface area (Å²) in [5, 5.41) is 0. The van der Waals surface area contributed by atoms with Crippen LogP contribution in [0.4, 0.5) is 0 Å². The molecule has 0 amide bonds. The summed E-state index contributed by atoms with van der Waals surface area (Å²) in [6.07, 6.45) is 0. The molecule has 0 spiro atoms. The Kier molecular flexibility index (Phi) is 90.7.